The van der Waals surface area contributed by atoms with E-state index in [2.05, 4.69) is 4.98 Å². The Kier molecular flexibility index (Phi) is 3.05. The summed E-state index contributed by atoms with van der Waals surface area (Å²) >= 11 is 0. The fraction of sp³-hybridized carbons (Fsp3) is 0.444. The summed E-state index contributed by atoms with van der Waals surface area (Å²) in [6.45, 7) is 1.73. The fourth-order valence-corrected chi connectivity index (χ4v) is 1.04. The van der Waals surface area contributed by atoms with Crippen molar-refractivity contribution in [1.82, 2.24) is 4.98 Å². The average molecular weight is 167 g/mol. The monoisotopic (exact) mass is 167 g/mol. The van der Waals surface area contributed by atoms with Crippen molar-refractivity contribution in [3.8, 4) is 5.75 Å². The summed E-state index contributed by atoms with van der Waals surface area (Å²) in [5, 5.41) is 9.13. The van der Waals surface area contributed by atoms with Crippen LogP contribution in [0.1, 0.15) is 12.6 Å². The first-order valence-corrected chi connectivity index (χ1v) is 3.90. The minimum absolute atomic E-state index is 0.381. The number of ether oxygens (including phenoxy) is 1. The highest BCUT2D eigenvalue weighted by Gasteiger charge is 2.05. The number of aromatic nitrogens is 1. The summed E-state index contributed by atoms with van der Waals surface area (Å²) in [5.74, 6) is 0.735. The molecule has 0 fully saturated rings. The number of aliphatic hydroxyl groups excluding tert-OH is 1. The van der Waals surface area contributed by atoms with Crippen LogP contribution in [0.15, 0.2) is 18.3 Å². The zero-order valence-electron chi connectivity index (χ0n) is 7.32. The maximum Gasteiger partial charge on any atom is 0.140 e. The Morgan fingerprint density at radius 1 is 1.67 bits per heavy atom. The van der Waals surface area contributed by atoms with Gasteiger partial charge in [0.2, 0.25) is 0 Å². The Balaban J connectivity index is 2.82. The molecule has 0 aliphatic carbocycles. The Bertz CT molecular complexity index is 248. The van der Waals surface area contributed by atoms with Gasteiger partial charge in [0, 0.05) is 12.6 Å². The molecule has 0 aliphatic rings. The van der Waals surface area contributed by atoms with Gasteiger partial charge in [0.25, 0.3) is 0 Å². The highest BCUT2D eigenvalue weighted by molar-refractivity contribution is 5.26. The van der Waals surface area contributed by atoms with Gasteiger partial charge in [-0.15, -0.1) is 0 Å². The highest BCUT2D eigenvalue weighted by Crippen LogP contribution is 2.15. The molecule has 0 saturated heterocycles. The predicted molar refractivity (Wildman–Crippen MR) is 46.2 cm³/mol. The van der Waals surface area contributed by atoms with Crippen molar-refractivity contribution < 1.29 is 9.84 Å². The van der Waals surface area contributed by atoms with E-state index in [9.17, 15) is 0 Å². The lowest BCUT2D eigenvalue weighted by atomic mass is 10.2. The molecule has 0 spiro atoms. The number of rotatable bonds is 3. The minimum Gasteiger partial charge on any atom is -0.495 e. The van der Waals surface area contributed by atoms with Gasteiger partial charge in [0.1, 0.15) is 5.75 Å². The number of hydrogen-bond donors (Lipinski definition) is 1. The summed E-state index contributed by atoms with van der Waals surface area (Å²) in [5.41, 5.74) is 0.801. The van der Waals surface area contributed by atoms with Gasteiger partial charge in [0.05, 0.1) is 18.9 Å². The van der Waals surface area contributed by atoms with Crippen molar-refractivity contribution in [2.24, 2.45) is 0 Å². The van der Waals surface area contributed by atoms with E-state index >= 15 is 0 Å². The second-order valence-electron chi connectivity index (χ2n) is 2.71. The van der Waals surface area contributed by atoms with Crippen LogP contribution in [-0.2, 0) is 6.42 Å². The van der Waals surface area contributed by atoms with E-state index in [0.29, 0.717) is 6.42 Å². The number of hydrogen-bond acceptors (Lipinski definition) is 3. The van der Waals surface area contributed by atoms with Crippen LogP contribution in [-0.4, -0.2) is 23.3 Å². The van der Waals surface area contributed by atoms with Crippen LogP contribution in [0.25, 0.3) is 0 Å². The van der Waals surface area contributed by atoms with Crippen molar-refractivity contribution in [3.63, 3.8) is 0 Å². The maximum atomic E-state index is 9.13. The normalized spacial score (nSPS) is 12.6. The predicted octanol–water partition coefficient (Wildman–Crippen LogP) is 1.01. The Labute approximate surface area is 72.0 Å². The lowest BCUT2D eigenvalue weighted by Crippen LogP contribution is -2.07. The van der Waals surface area contributed by atoms with Crippen LogP contribution in [0.4, 0.5) is 0 Å². The van der Waals surface area contributed by atoms with Crippen LogP contribution in [0.2, 0.25) is 0 Å². The molecule has 66 valence electrons. The van der Waals surface area contributed by atoms with Crippen LogP contribution < -0.4 is 4.74 Å². The summed E-state index contributed by atoms with van der Waals surface area (Å²) in [6, 6.07) is 3.65. The van der Waals surface area contributed by atoms with Gasteiger partial charge in [-0.1, -0.05) is 0 Å². The molecule has 0 bridgehead atoms. The first-order chi connectivity index (χ1) is 5.74. The van der Waals surface area contributed by atoms with Crippen molar-refractivity contribution in [2.45, 2.75) is 19.4 Å². The molecule has 1 atom stereocenters. The zero-order valence-corrected chi connectivity index (χ0v) is 7.32. The molecule has 1 aromatic heterocycles. The smallest absolute Gasteiger partial charge is 0.140 e. The first kappa shape index (κ1) is 9.00. The van der Waals surface area contributed by atoms with Gasteiger partial charge in [-0.25, -0.2) is 0 Å². The third-order valence-corrected chi connectivity index (χ3v) is 1.56. The summed E-state index contributed by atoms with van der Waals surface area (Å²) in [4.78, 5) is 4.10. The molecule has 3 heteroatoms. The molecule has 0 aromatic carbocycles. The number of methoxy groups -OCH3 is 1. The fourth-order valence-electron chi connectivity index (χ4n) is 1.04. The largest absolute Gasteiger partial charge is 0.495 e. The SMILES string of the molecule is COc1cccnc1C[C@@H](C)O. The molecule has 12 heavy (non-hydrogen) atoms. The molecule has 1 heterocycles. The van der Waals surface area contributed by atoms with Crippen molar-refractivity contribution in [2.75, 3.05) is 7.11 Å². The van der Waals surface area contributed by atoms with E-state index in [1.54, 1.807) is 20.2 Å². The van der Waals surface area contributed by atoms with Crippen LogP contribution in [0.3, 0.4) is 0 Å². The molecule has 0 radical (unpaired) electrons. The lowest BCUT2D eigenvalue weighted by molar-refractivity contribution is 0.192. The van der Waals surface area contributed by atoms with Crippen LogP contribution >= 0.6 is 0 Å². The second-order valence-corrected chi connectivity index (χ2v) is 2.71. The van der Waals surface area contributed by atoms with Gasteiger partial charge in [-0.2, -0.15) is 0 Å². The summed E-state index contributed by atoms with van der Waals surface area (Å²) in [6.07, 6.45) is 1.85. The number of aliphatic hydroxyl groups is 1. The Hall–Kier alpha value is -1.09. The molecule has 0 saturated carbocycles. The molecule has 0 unspecified atom stereocenters. The van der Waals surface area contributed by atoms with E-state index in [1.165, 1.54) is 0 Å². The van der Waals surface area contributed by atoms with Crippen LogP contribution in [0, 0.1) is 0 Å². The van der Waals surface area contributed by atoms with E-state index < -0.39 is 0 Å². The van der Waals surface area contributed by atoms with Crippen molar-refractivity contribution >= 4 is 0 Å². The van der Waals surface area contributed by atoms with Gasteiger partial charge in [0.15, 0.2) is 0 Å². The standard InChI is InChI=1S/C9H13NO2/c1-7(11)6-8-9(12-2)4-3-5-10-8/h3-5,7,11H,6H2,1-2H3/t7-/m1/s1. The molecule has 1 N–H and O–H groups in total. The zero-order chi connectivity index (χ0) is 8.97. The van der Waals surface area contributed by atoms with Crippen LogP contribution in [0.5, 0.6) is 5.75 Å². The second kappa shape index (κ2) is 4.07. The molecule has 1 aromatic rings. The molecule has 1 rings (SSSR count). The van der Waals surface area contributed by atoms with Crippen molar-refractivity contribution in [3.05, 3.63) is 24.0 Å². The topological polar surface area (TPSA) is 42.4 Å². The quantitative estimate of drug-likeness (QED) is 0.730. The third-order valence-electron chi connectivity index (χ3n) is 1.56. The number of pyridine rings is 1. The Morgan fingerprint density at radius 2 is 2.42 bits per heavy atom. The lowest BCUT2D eigenvalue weighted by Gasteiger charge is -2.07. The molecule has 3 nitrogen and oxygen atoms in total. The van der Waals surface area contributed by atoms with E-state index in [0.717, 1.165) is 11.4 Å². The molecule has 0 amide bonds. The van der Waals surface area contributed by atoms with Crippen molar-refractivity contribution in [1.29, 1.82) is 0 Å². The van der Waals surface area contributed by atoms with Gasteiger partial charge >= 0.3 is 0 Å². The average Bonchev–Trinajstić information content (AvgIpc) is 2.04. The summed E-state index contributed by atoms with van der Waals surface area (Å²) in [7, 11) is 1.60. The molecular weight excluding hydrogens is 154 g/mol. The summed E-state index contributed by atoms with van der Waals surface area (Å²) < 4.78 is 5.07. The van der Waals surface area contributed by atoms with E-state index in [1.807, 2.05) is 12.1 Å². The number of nitrogens with zero attached hydrogens (tertiary/aromatic N) is 1. The minimum atomic E-state index is -0.381. The molecule has 0 aliphatic heterocycles. The maximum absolute atomic E-state index is 9.13. The Morgan fingerprint density at radius 3 is 3.00 bits per heavy atom. The van der Waals surface area contributed by atoms with E-state index in [4.69, 9.17) is 9.84 Å². The van der Waals surface area contributed by atoms with Gasteiger partial charge in [-0.3, -0.25) is 4.98 Å². The third kappa shape index (κ3) is 2.20. The van der Waals surface area contributed by atoms with E-state index in [-0.39, 0.29) is 6.10 Å². The highest BCUT2D eigenvalue weighted by atomic mass is 16.5. The molecular formula is C9H13NO2. The first-order valence-electron chi connectivity index (χ1n) is 3.90. The van der Waals surface area contributed by atoms with Gasteiger partial charge < -0.3 is 9.84 Å². The van der Waals surface area contributed by atoms with Gasteiger partial charge in [-0.05, 0) is 19.1 Å².